The zero-order valence-corrected chi connectivity index (χ0v) is 8.43. The third-order valence-corrected chi connectivity index (χ3v) is 2.41. The average molecular weight is 204 g/mol. The fourth-order valence-electron chi connectivity index (χ4n) is 1.57. The molecule has 1 atom stereocenters. The first-order chi connectivity index (χ1) is 7.18. The van der Waals surface area contributed by atoms with Crippen LogP contribution in [0.4, 0.5) is 4.79 Å². The molecule has 4 heteroatoms. The van der Waals surface area contributed by atoms with E-state index < -0.39 is 6.04 Å². The topological polar surface area (TPSA) is 49.4 Å². The summed E-state index contributed by atoms with van der Waals surface area (Å²) in [5.74, 6) is -0.163. The molecule has 0 radical (unpaired) electrons. The van der Waals surface area contributed by atoms with Crippen LogP contribution >= 0.6 is 0 Å². The summed E-state index contributed by atoms with van der Waals surface area (Å²) in [5.41, 5.74) is 0.954. The number of rotatable bonds is 2. The predicted molar refractivity (Wildman–Crippen MR) is 55.0 cm³/mol. The fraction of sp³-hybridized carbons (Fsp3) is 0.273. The highest BCUT2D eigenvalue weighted by Crippen LogP contribution is 2.11. The molecule has 15 heavy (non-hydrogen) atoms. The summed E-state index contributed by atoms with van der Waals surface area (Å²) in [6, 6.07) is 8.75. The van der Waals surface area contributed by atoms with Crippen LogP contribution in [-0.2, 0) is 11.3 Å². The van der Waals surface area contributed by atoms with Crippen molar-refractivity contribution in [2.24, 2.45) is 0 Å². The predicted octanol–water partition coefficient (Wildman–Crippen LogP) is 1.13. The van der Waals surface area contributed by atoms with E-state index in [1.54, 1.807) is 6.92 Å². The molecule has 2 rings (SSSR count). The van der Waals surface area contributed by atoms with Gasteiger partial charge in [-0.3, -0.25) is 9.69 Å². The van der Waals surface area contributed by atoms with E-state index in [1.807, 2.05) is 30.3 Å². The van der Waals surface area contributed by atoms with E-state index in [4.69, 9.17) is 0 Å². The van der Waals surface area contributed by atoms with E-state index >= 15 is 0 Å². The van der Waals surface area contributed by atoms with E-state index in [2.05, 4.69) is 5.32 Å². The van der Waals surface area contributed by atoms with Gasteiger partial charge in [0.25, 0.3) is 5.91 Å². The van der Waals surface area contributed by atoms with Crippen molar-refractivity contribution in [2.45, 2.75) is 19.5 Å². The van der Waals surface area contributed by atoms with Gasteiger partial charge in [-0.25, -0.2) is 4.79 Å². The molecule has 0 aromatic heterocycles. The lowest BCUT2D eigenvalue weighted by atomic mass is 10.2. The van der Waals surface area contributed by atoms with E-state index in [1.165, 1.54) is 4.90 Å². The van der Waals surface area contributed by atoms with Crippen molar-refractivity contribution in [2.75, 3.05) is 0 Å². The Labute approximate surface area is 87.9 Å². The summed E-state index contributed by atoms with van der Waals surface area (Å²) in [7, 11) is 0. The summed E-state index contributed by atoms with van der Waals surface area (Å²) in [6.07, 6.45) is 0. The van der Waals surface area contributed by atoms with Gasteiger partial charge in [0.2, 0.25) is 0 Å². The molecule has 4 nitrogen and oxygen atoms in total. The summed E-state index contributed by atoms with van der Waals surface area (Å²) >= 11 is 0. The maximum atomic E-state index is 11.6. The summed E-state index contributed by atoms with van der Waals surface area (Å²) in [4.78, 5) is 24.2. The second kappa shape index (κ2) is 3.73. The summed E-state index contributed by atoms with van der Waals surface area (Å²) in [5, 5.41) is 2.57. The lowest BCUT2D eigenvalue weighted by Crippen LogP contribution is -2.30. The molecule has 1 aliphatic rings. The minimum atomic E-state index is -0.402. The van der Waals surface area contributed by atoms with E-state index in [9.17, 15) is 9.59 Å². The third-order valence-electron chi connectivity index (χ3n) is 2.41. The molecule has 0 aliphatic carbocycles. The van der Waals surface area contributed by atoms with Crippen LogP contribution in [0.15, 0.2) is 30.3 Å². The SMILES string of the molecule is C[C@H]1NC(=O)N(Cc2ccccc2)C1=O. The number of urea groups is 1. The highest BCUT2D eigenvalue weighted by molar-refractivity contribution is 6.03. The van der Waals surface area contributed by atoms with Gasteiger partial charge in [-0.2, -0.15) is 0 Å². The quantitative estimate of drug-likeness (QED) is 0.734. The number of hydrogen-bond acceptors (Lipinski definition) is 2. The van der Waals surface area contributed by atoms with Crippen molar-refractivity contribution >= 4 is 11.9 Å². The van der Waals surface area contributed by atoms with Crippen LogP contribution in [0.1, 0.15) is 12.5 Å². The maximum absolute atomic E-state index is 11.6. The van der Waals surface area contributed by atoms with Crippen LogP contribution in [-0.4, -0.2) is 22.9 Å². The Morgan fingerprint density at radius 1 is 1.27 bits per heavy atom. The van der Waals surface area contributed by atoms with Gasteiger partial charge in [-0.15, -0.1) is 0 Å². The first kappa shape index (κ1) is 9.71. The normalized spacial score (nSPS) is 20.6. The molecule has 0 unspecified atom stereocenters. The lowest BCUT2D eigenvalue weighted by molar-refractivity contribution is -0.127. The first-order valence-electron chi connectivity index (χ1n) is 4.84. The average Bonchev–Trinajstić information content (AvgIpc) is 2.47. The molecule has 0 saturated carbocycles. The first-order valence-corrected chi connectivity index (χ1v) is 4.84. The van der Waals surface area contributed by atoms with E-state index in [0.29, 0.717) is 6.54 Å². The monoisotopic (exact) mass is 204 g/mol. The Balaban J connectivity index is 2.13. The molecule has 1 N–H and O–H groups in total. The number of benzene rings is 1. The molecule has 1 aliphatic heterocycles. The van der Waals surface area contributed by atoms with Gasteiger partial charge in [0.15, 0.2) is 0 Å². The highest BCUT2D eigenvalue weighted by Gasteiger charge is 2.34. The van der Waals surface area contributed by atoms with Gasteiger partial charge in [0, 0.05) is 0 Å². The van der Waals surface area contributed by atoms with Crippen LogP contribution in [0, 0.1) is 0 Å². The van der Waals surface area contributed by atoms with Gasteiger partial charge in [-0.05, 0) is 12.5 Å². The van der Waals surface area contributed by atoms with Crippen LogP contribution in [0.3, 0.4) is 0 Å². The highest BCUT2D eigenvalue weighted by atomic mass is 16.2. The minimum Gasteiger partial charge on any atom is -0.326 e. The molecule has 0 spiro atoms. The number of hydrogen-bond donors (Lipinski definition) is 1. The number of nitrogens with zero attached hydrogens (tertiary/aromatic N) is 1. The Morgan fingerprint density at radius 3 is 2.47 bits per heavy atom. The van der Waals surface area contributed by atoms with Gasteiger partial charge < -0.3 is 5.32 Å². The number of amides is 3. The molecule has 3 amide bonds. The Kier molecular flexibility index (Phi) is 2.41. The van der Waals surface area contributed by atoms with E-state index in [0.717, 1.165) is 5.56 Å². The van der Waals surface area contributed by atoms with Gasteiger partial charge in [0.05, 0.1) is 6.54 Å². The zero-order valence-electron chi connectivity index (χ0n) is 8.43. The Bertz CT molecular complexity index is 389. The molecule has 1 saturated heterocycles. The van der Waals surface area contributed by atoms with Gasteiger partial charge >= 0.3 is 6.03 Å². The van der Waals surface area contributed by atoms with Crippen molar-refractivity contribution in [3.8, 4) is 0 Å². The zero-order chi connectivity index (χ0) is 10.8. The van der Waals surface area contributed by atoms with Crippen LogP contribution < -0.4 is 5.32 Å². The third kappa shape index (κ3) is 1.83. The second-order valence-corrected chi connectivity index (χ2v) is 3.58. The van der Waals surface area contributed by atoms with Crippen molar-refractivity contribution in [3.05, 3.63) is 35.9 Å². The van der Waals surface area contributed by atoms with Crippen molar-refractivity contribution in [3.63, 3.8) is 0 Å². The van der Waals surface area contributed by atoms with Gasteiger partial charge in [0.1, 0.15) is 6.04 Å². The van der Waals surface area contributed by atoms with Crippen molar-refractivity contribution in [1.29, 1.82) is 0 Å². The van der Waals surface area contributed by atoms with Gasteiger partial charge in [-0.1, -0.05) is 30.3 Å². The number of carbonyl (C=O) groups excluding carboxylic acids is 2. The molecule has 1 heterocycles. The summed E-state index contributed by atoms with van der Waals surface area (Å²) in [6.45, 7) is 2.03. The minimum absolute atomic E-state index is 0.163. The standard InChI is InChI=1S/C11H12N2O2/c1-8-10(14)13(11(15)12-8)7-9-5-3-2-4-6-9/h2-6,8H,7H2,1H3,(H,12,15)/t8-/m1/s1. The van der Waals surface area contributed by atoms with Crippen LogP contribution in [0.5, 0.6) is 0 Å². The molecule has 1 aromatic carbocycles. The molecule has 78 valence electrons. The smallest absolute Gasteiger partial charge is 0.325 e. The number of nitrogens with one attached hydrogen (secondary N) is 1. The molecular formula is C11H12N2O2. The largest absolute Gasteiger partial charge is 0.326 e. The van der Waals surface area contributed by atoms with Crippen molar-refractivity contribution in [1.82, 2.24) is 10.2 Å². The Hall–Kier alpha value is -1.84. The van der Waals surface area contributed by atoms with Crippen LogP contribution in [0.25, 0.3) is 0 Å². The van der Waals surface area contributed by atoms with Crippen molar-refractivity contribution < 1.29 is 9.59 Å². The number of carbonyl (C=O) groups is 2. The molecular weight excluding hydrogens is 192 g/mol. The van der Waals surface area contributed by atoms with E-state index in [-0.39, 0.29) is 11.9 Å². The molecule has 0 bridgehead atoms. The number of imide groups is 1. The second-order valence-electron chi connectivity index (χ2n) is 3.58. The lowest BCUT2D eigenvalue weighted by Gasteiger charge is -2.12. The Morgan fingerprint density at radius 2 is 1.93 bits per heavy atom. The maximum Gasteiger partial charge on any atom is 0.325 e. The fourth-order valence-corrected chi connectivity index (χ4v) is 1.57. The molecule has 1 aromatic rings. The summed E-state index contributed by atoms with van der Waals surface area (Å²) < 4.78 is 0. The molecule has 1 fully saturated rings. The van der Waals surface area contributed by atoms with Crippen LogP contribution in [0.2, 0.25) is 0 Å².